The summed E-state index contributed by atoms with van der Waals surface area (Å²) in [5.41, 5.74) is 5.91. The van der Waals surface area contributed by atoms with Gasteiger partial charge in [0, 0.05) is 24.6 Å². The van der Waals surface area contributed by atoms with Crippen LogP contribution in [0.25, 0.3) is 0 Å². The van der Waals surface area contributed by atoms with Crippen LogP contribution in [-0.2, 0) is 5.41 Å². The first-order valence-corrected chi connectivity index (χ1v) is 7.80. The lowest BCUT2D eigenvalue weighted by molar-refractivity contribution is 0.459. The van der Waals surface area contributed by atoms with Crippen LogP contribution in [-0.4, -0.2) is 23.1 Å². The third-order valence-corrected chi connectivity index (χ3v) is 4.15. The third-order valence-electron chi connectivity index (χ3n) is 4.15. The molecule has 1 aromatic heterocycles. The Labute approximate surface area is 122 Å². The summed E-state index contributed by atoms with van der Waals surface area (Å²) in [7, 11) is 0. The number of rotatable bonds is 2. The van der Waals surface area contributed by atoms with Gasteiger partial charge < -0.3 is 10.6 Å². The quantitative estimate of drug-likeness (QED) is 0.899. The summed E-state index contributed by atoms with van der Waals surface area (Å²) in [5.74, 6) is 3.28. The number of anilines is 2. The van der Waals surface area contributed by atoms with E-state index in [1.54, 1.807) is 0 Å². The van der Waals surface area contributed by atoms with Gasteiger partial charge in [-0.05, 0) is 25.2 Å². The van der Waals surface area contributed by atoms with Gasteiger partial charge in [0.05, 0.1) is 0 Å². The third kappa shape index (κ3) is 3.62. The Hall–Kier alpha value is -1.32. The molecule has 1 aromatic rings. The summed E-state index contributed by atoms with van der Waals surface area (Å²) < 4.78 is 0. The molecule has 0 aliphatic carbocycles. The lowest BCUT2D eigenvalue weighted by Gasteiger charge is -2.24. The van der Waals surface area contributed by atoms with E-state index in [2.05, 4.69) is 37.6 Å². The van der Waals surface area contributed by atoms with Crippen molar-refractivity contribution in [3.63, 3.8) is 0 Å². The predicted molar refractivity (Wildman–Crippen MR) is 85.0 cm³/mol. The summed E-state index contributed by atoms with van der Waals surface area (Å²) in [4.78, 5) is 11.5. The summed E-state index contributed by atoms with van der Waals surface area (Å²) in [6.07, 6.45) is 5.12. The number of aromatic nitrogens is 2. The van der Waals surface area contributed by atoms with Crippen molar-refractivity contribution < 1.29 is 0 Å². The van der Waals surface area contributed by atoms with E-state index in [4.69, 9.17) is 10.7 Å². The molecule has 1 atom stereocenters. The molecule has 4 nitrogen and oxygen atoms in total. The first kappa shape index (κ1) is 15.1. The van der Waals surface area contributed by atoms with E-state index in [9.17, 15) is 0 Å². The highest BCUT2D eigenvalue weighted by Gasteiger charge is 2.22. The monoisotopic (exact) mass is 276 g/mol. The van der Waals surface area contributed by atoms with Crippen LogP contribution in [0.15, 0.2) is 6.07 Å². The van der Waals surface area contributed by atoms with Gasteiger partial charge in [-0.25, -0.2) is 9.97 Å². The van der Waals surface area contributed by atoms with E-state index in [-0.39, 0.29) is 5.41 Å². The maximum atomic E-state index is 5.98. The number of nitrogen functional groups attached to an aromatic ring is 1. The highest BCUT2D eigenvalue weighted by Crippen LogP contribution is 2.26. The first-order valence-electron chi connectivity index (χ1n) is 7.80. The fraction of sp³-hybridized carbons (Fsp3) is 0.750. The Balaban J connectivity index is 2.22. The highest BCUT2D eigenvalue weighted by atomic mass is 15.2. The number of nitrogens with zero attached hydrogens (tertiary/aromatic N) is 3. The van der Waals surface area contributed by atoms with E-state index < -0.39 is 0 Å². The fourth-order valence-electron chi connectivity index (χ4n) is 2.75. The Bertz CT molecular complexity index is 450. The molecule has 1 unspecified atom stereocenters. The minimum atomic E-state index is -0.0675. The molecule has 20 heavy (non-hydrogen) atoms. The zero-order chi connectivity index (χ0) is 14.8. The van der Waals surface area contributed by atoms with Crippen LogP contribution in [0, 0.1) is 5.92 Å². The predicted octanol–water partition coefficient (Wildman–Crippen LogP) is 3.37. The lowest BCUT2D eigenvalue weighted by atomic mass is 9.96. The van der Waals surface area contributed by atoms with Crippen molar-refractivity contribution in [1.29, 1.82) is 0 Å². The Morgan fingerprint density at radius 1 is 1.25 bits per heavy atom. The average Bonchev–Trinajstić information content (AvgIpc) is 2.62. The van der Waals surface area contributed by atoms with Gasteiger partial charge >= 0.3 is 0 Å². The van der Waals surface area contributed by atoms with Gasteiger partial charge in [-0.15, -0.1) is 0 Å². The average molecular weight is 276 g/mol. The van der Waals surface area contributed by atoms with Gasteiger partial charge in [-0.1, -0.05) is 34.1 Å². The van der Waals surface area contributed by atoms with E-state index in [1.165, 1.54) is 25.7 Å². The summed E-state index contributed by atoms with van der Waals surface area (Å²) in [6, 6.07) is 1.92. The Morgan fingerprint density at radius 2 is 2.00 bits per heavy atom. The number of hydrogen-bond acceptors (Lipinski definition) is 4. The molecule has 2 N–H and O–H groups in total. The molecule has 0 aromatic carbocycles. The molecule has 0 bridgehead atoms. The van der Waals surface area contributed by atoms with E-state index in [1.807, 2.05) is 6.07 Å². The summed E-state index contributed by atoms with van der Waals surface area (Å²) >= 11 is 0. The van der Waals surface area contributed by atoms with Crippen molar-refractivity contribution in [3.8, 4) is 0 Å². The molecule has 1 aliphatic heterocycles. The fourth-order valence-corrected chi connectivity index (χ4v) is 2.75. The van der Waals surface area contributed by atoms with Crippen LogP contribution in [0.1, 0.15) is 59.2 Å². The van der Waals surface area contributed by atoms with Crippen molar-refractivity contribution in [3.05, 3.63) is 11.9 Å². The van der Waals surface area contributed by atoms with Crippen LogP contribution in [0.5, 0.6) is 0 Å². The molecule has 0 amide bonds. The molecule has 4 heteroatoms. The molecule has 1 saturated heterocycles. The summed E-state index contributed by atoms with van der Waals surface area (Å²) in [5, 5.41) is 0. The van der Waals surface area contributed by atoms with Gasteiger partial charge in [-0.3, -0.25) is 0 Å². The van der Waals surface area contributed by atoms with Crippen molar-refractivity contribution in [2.75, 3.05) is 23.7 Å². The molecule has 112 valence electrons. The molecular formula is C16H28N4. The molecule has 0 saturated carbocycles. The van der Waals surface area contributed by atoms with Crippen LogP contribution in [0.3, 0.4) is 0 Å². The largest absolute Gasteiger partial charge is 0.384 e. The van der Waals surface area contributed by atoms with Crippen molar-refractivity contribution in [2.24, 2.45) is 5.92 Å². The van der Waals surface area contributed by atoms with Gasteiger partial charge in [0.15, 0.2) is 0 Å². The normalized spacial score (nSPS) is 20.8. The molecule has 0 radical (unpaired) electrons. The molecule has 2 heterocycles. The Kier molecular flexibility index (Phi) is 4.51. The van der Waals surface area contributed by atoms with Gasteiger partial charge in [0.25, 0.3) is 0 Å². The van der Waals surface area contributed by atoms with Crippen LogP contribution < -0.4 is 10.6 Å². The number of hydrogen-bond donors (Lipinski definition) is 1. The standard InChI is InChI=1S/C16H28N4/c1-5-12-7-6-9-20(10-8-12)14-11-13(17)18-15(19-14)16(2,3)4/h11-12H,5-10H2,1-4H3,(H2,17,18,19). The second kappa shape index (κ2) is 5.98. The topological polar surface area (TPSA) is 55.0 Å². The SMILES string of the molecule is CCC1CCCN(c2cc(N)nc(C(C)(C)C)n2)CC1. The molecule has 1 aliphatic rings. The molecule has 1 fully saturated rings. The lowest BCUT2D eigenvalue weighted by Crippen LogP contribution is -2.27. The summed E-state index contributed by atoms with van der Waals surface area (Å²) in [6.45, 7) is 10.8. The second-order valence-corrected chi connectivity index (χ2v) is 6.92. The van der Waals surface area contributed by atoms with E-state index >= 15 is 0 Å². The minimum absolute atomic E-state index is 0.0675. The first-order chi connectivity index (χ1) is 9.40. The molecule has 2 rings (SSSR count). The van der Waals surface area contributed by atoms with Gasteiger partial charge in [0.2, 0.25) is 0 Å². The second-order valence-electron chi connectivity index (χ2n) is 6.92. The minimum Gasteiger partial charge on any atom is -0.384 e. The van der Waals surface area contributed by atoms with E-state index in [0.717, 1.165) is 30.6 Å². The van der Waals surface area contributed by atoms with Crippen LogP contribution >= 0.6 is 0 Å². The molecular weight excluding hydrogens is 248 g/mol. The van der Waals surface area contributed by atoms with Gasteiger partial charge in [-0.2, -0.15) is 0 Å². The Morgan fingerprint density at radius 3 is 2.65 bits per heavy atom. The zero-order valence-electron chi connectivity index (χ0n) is 13.3. The smallest absolute Gasteiger partial charge is 0.138 e. The van der Waals surface area contributed by atoms with Gasteiger partial charge in [0.1, 0.15) is 17.5 Å². The highest BCUT2D eigenvalue weighted by molar-refractivity contribution is 5.47. The van der Waals surface area contributed by atoms with Crippen molar-refractivity contribution in [1.82, 2.24) is 9.97 Å². The van der Waals surface area contributed by atoms with Crippen molar-refractivity contribution in [2.45, 2.75) is 58.8 Å². The van der Waals surface area contributed by atoms with Crippen molar-refractivity contribution >= 4 is 11.6 Å². The maximum Gasteiger partial charge on any atom is 0.138 e. The van der Waals surface area contributed by atoms with E-state index in [0.29, 0.717) is 5.82 Å². The van der Waals surface area contributed by atoms with Crippen LogP contribution in [0.2, 0.25) is 0 Å². The maximum absolute atomic E-state index is 5.98. The number of nitrogens with two attached hydrogens (primary N) is 1. The van der Waals surface area contributed by atoms with Crippen LogP contribution in [0.4, 0.5) is 11.6 Å². The zero-order valence-corrected chi connectivity index (χ0v) is 13.3. The molecule has 0 spiro atoms.